The number of hydrogen-bond acceptors (Lipinski definition) is 4. The van der Waals surface area contributed by atoms with Crippen molar-refractivity contribution in [2.45, 2.75) is 39.8 Å². The summed E-state index contributed by atoms with van der Waals surface area (Å²) in [6.07, 6.45) is 2.40. The van der Waals surface area contributed by atoms with Gasteiger partial charge in [0.2, 0.25) is 0 Å². The van der Waals surface area contributed by atoms with Crippen LogP contribution in [0.1, 0.15) is 37.1 Å². The molecule has 0 aromatic carbocycles. The fourth-order valence-electron chi connectivity index (χ4n) is 2.14. The van der Waals surface area contributed by atoms with Gasteiger partial charge in [0.15, 0.2) is 0 Å². The molecule has 1 atom stereocenters. The molecule has 2 N–H and O–H groups in total. The van der Waals surface area contributed by atoms with Gasteiger partial charge in [-0.25, -0.2) is 4.98 Å². The molecule has 0 aliphatic rings. The van der Waals surface area contributed by atoms with Crippen molar-refractivity contribution in [3.8, 4) is 0 Å². The summed E-state index contributed by atoms with van der Waals surface area (Å²) in [5, 5.41) is 14.7. The smallest absolute Gasteiger partial charge is 0.141 e. The van der Waals surface area contributed by atoms with Crippen molar-refractivity contribution < 1.29 is 0 Å². The Labute approximate surface area is 107 Å². The number of rotatable bonds is 6. The van der Waals surface area contributed by atoms with E-state index >= 15 is 0 Å². The fraction of sp³-hybridized carbons (Fsp3) is 0.583. The lowest BCUT2D eigenvalue weighted by Crippen LogP contribution is -2.25. The molecule has 1 unspecified atom stereocenters. The Morgan fingerprint density at radius 3 is 2.89 bits per heavy atom. The molecule has 2 aromatic heterocycles. The molecule has 0 aliphatic carbocycles. The van der Waals surface area contributed by atoms with Gasteiger partial charge in [-0.3, -0.25) is 9.78 Å². The average molecular weight is 248 g/mol. The molecule has 2 aromatic rings. The van der Waals surface area contributed by atoms with Crippen LogP contribution in [-0.4, -0.2) is 31.5 Å². The van der Waals surface area contributed by atoms with Crippen LogP contribution in [0.3, 0.4) is 0 Å². The van der Waals surface area contributed by atoms with Crippen LogP contribution in [-0.2, 0) is 13.0 Å². The molecule has 18 heavy (non-hydrogen) atoms. The first kappa shape index (κ1) is 12.8. The standard InChI is InChI=1S/C12H20N6/c1-4-13-11(12-14-8-15-16-12)7-10-6-9(3)17-18(10)5-2/h6,8,11,13H,4-5,7H2,1-3H3,(H,14,15,16). The summed E-state index contributed by atoms with van der Waals surface area (Å²) in [7, 11) is 0. The zero-order valence-corrected chi connectivity index (χ0v) is 11.1. The lowest BCUT2D eigenvalue weighted by atomic mass is 10.1. The highest BCUT2D eigenvalue weighted by Gasteiger charge is 2.16. The highest BCUT2D eigenvalue weighted by atomic mass is 15.3. The number of aryl methyl sites for hydroxylation is 2. The van der Waals surface area contributed by atoms with E-state index in [-0.39, 0.29) is 6.04 Å². The molecule has 0 radical (unpaired) electrons. The maximum atomic E-state index is 4.47. The van der Waals surface area contributed by atoms with Crippen molar-refractivity contribution >= 4 is 0 Å². The fourth-order valence-corrected chi connectivity index (χ4v) is 2.14. The van der Waals surface area contributed by atoms with Crippen LogP contribution in [0.5, 0.6) is 0 Å². The zero-order chi connectivity index (χ0) is 13.0. The lowest BCUT2D eigenvalue weighted by molar-refractivity contribution is 0.496. The van der Waals surface area contributed by atoms with Crippen LogP contribution < -0.4 is 5.32 Å². The Bertz CT molecular complexity index is 473. The molecule has 0 bridgehead atoms. The Kier molecular flexibility index (Phi) is 4.09. The normalized spacial score (nSPS) is 12.8. The van der Waals surface area contributed by atoms with Crippen LogP contribution in [0.2, 0.25) is 0 Å². The molecule has 0 saturated carbocycles. The number of likely N-dealkylation sites (N-methyl/N-ethyl adjacent to an activating group) is 1. The predicted octanol–water partition coefficient (Wildman–Crippen LogP) is 1.22. The minimum atomic E-state index is 0.152. The van der Waals surface area contributed by atoms with E-state index in [0.29, 0.717) is 0 Å². The van der Waals surface area contributed by atoms with Gasteiger partial charge in [-0.1, -0.05) is 6.92 Å². The quantitative estimate of drug-likeness (QED) is 0.806. The number of aromatic nitrogens is 5. The third-order valence-corrected chi connectivity index (χ3v) is 2.91. The molecule has 0 aliphatic heterocycles. The first-order valence-corrected chi connectivity index (χ1v) is 6.36. The second-order valence-electron chi connectivity index (χ2n) is 4.28. The molecule has 0 spiro atoms. The molecule has 6 heteroatoms. The Hall–Kier alpha value is -1.69. The molecule has 0 saturated heterocycles. The van der Waals surface area contributed by atoms with Crippen LogP contribution >= 0.6 is 0 Å². The van der Waals surface area contributed by atoms with E-state index in [1.807, 2.05) is 11.6 Å². The number of nitrogens with one attached hydrogen (secondary N) is 2. The number of aromatic amines is 1. The highest BCUT2D eigenvalue weighted by molar-refractivity contribution is 5.12. The zero-order valence-electron chi connectivity index (χ0n) is 11.1. The maximum absolute atomic E-state index is 4.47. The summed E-state index contributed by atoms with van der Waals surface area (Å²) in [6, 6.07) is 2.28. The number of hydrogen-bond donors (Lipinski definition) is 2. The summed E-state index contributed by atoms with van der Waals surface area (Å²) in [6.45, 7) is 7.99. The van der Waals surface area contributed by atoms with Gasteiger partial charge in [-0.2, -0.15) is 10.2 Å². The molecule has 0 amide bonds. The van der Waals surface area contributed by atoms with Gasteiger partial charge in [0.1, 0.15) is 12.2 Å². The topological polar surface area (TPSA) is 71.4 Å². The Morgan fingerprint density at radius 1 is 1.44 bits per heavy atom. The predicted molar refractivity (Wildman–Crippen MR) is 69.1 cm³/mol. The summed E-state index contributed by atoms with van der Waals surface area (Å²) in [5.74, 6) is 0.873. The molecule has 2 heterocycles. The molecular weight excluding hydrogens is 228 g/mol. The van der Waals surface area contributed by atoms with E-state index in [0.717, 1.165) is 31.0 Å². The summed E-state index contributed by atoms with van der Waals surface area (Å²) < 4.78 is 2.04. The van der Waals surface area contributed by atoms with Crippen molar-refractivity contribution in [1.29, 1.82) is 0 Å². The van der Waals surface area contributed by atoms with E-state index in [9.17, 15) is 0 Å². The van der Waals surface area contributed by atoms with Crippen molar-refractivity contribution in [1.82, 2.24) is 30.3 Å². The molecule has 2 rings (SSSR count). The van der Waals surface area contributed by atoms with Gasteiger partial charge in [-0.05, 0) is 26.5 Å². The van der Waals surface area contributed by atoms with Gasteiger partial charge >= 0.3 is 0 Å². The minimum absolute atomic E-state index is 0.152. The second kappa shape index (κ2) is 5.77. The van der Waals surface area contributed by atoms with E-state index < -0.39 is 0 Å². The van der Waals surface area contributed by atoms with Crippen molar-refractivity contribution in [2.24, 2.45) is 0 Å². The summed E-state index contributed by atoms with van der Waals surface area (Å²) >= 11 is 0. The Balaban J connectivity index is 2.18. The molecule has 98 valence electrons. The minimum Gasteiger partial charge on any atom is -0.307 e. The van der Waals surface area contributed by atoms with Crippen molar-refractivity contribution in [3.05, 3.63) is 29.6 Å². The second-order valence-corrected chi connectivity index (χ2v) is 4.28. The van der Waals surface area contributed by atoms with Gasteiger partial charge in [0.05, 0.1) is 11.7 Å². The van der Waals surface area contributed by atoms with E-state index in [2.05, 4.69) is 45.5 Å². The van der Waals surface area contributed by atoms with Crippen LogP contribution in [0, 0.1) is 6.92 Å². The lowest BCUT2D eigenvalue weighted by Gasteiger charge is -2.15. The molecule has 0 fully saturated rings. The van der Waals surface area contributed by atoms with Gasteiger partial charge < -0.3 is 5.32 Å². The largest absolute Gasteiger partial charge is 0.307 e. The van der Waals surface area contributed by atoms with Crippen LogP contribution in [0.15, 0.2) is 12.4 Å². The summed E-state index contributed by atoms with van der Waals surface area (Å²) in [5.41, 5.74) is 2.28. The Morgan fingerprint density at radius 2 is 2.28 bits per heavy atom. The molecule has 6 nitrogen and oxygen atoms in total. The third kappa shape index (κ3) is 2.76. The average Bonchev–Trinajstić information content (AvgIpc) is 2.97. The van der Waals surface area contributed by atoms with Crippen LogP contribution in [0.25, 0.3) is 0 Å². The van der Waals surface area contributed by atoms with Gasteiger partial charge in [0, 0.05) is 18.7 Å². The van der Waals surface area contributed by atoms with Crippen molar-refractivity contribution in [2.75, 3.05) is 6.54 Å². The number of nitrogens with zero attached hydrogens (tertiary/aromatic N) is 4. The van der Waals surface area contributed by atoms with E-state index in [1.54, 1.807) is 6.33 Å². The van der Waals surface area contributed by atoms with Crippen molar-refractivity contribution in [3.63, 3.8) is 0 Å². The third-order valence-electron chi connectivity index (χ3n) is 2.91. The molecular formula is C12H20N6. The van der Waals surface area contributed by atoms with E-state index in [1.165, 1.54) is 5.69 Å². The monoisotopic (exact) mass is 248 g/mol. The summed E-state index contributed by atoms with van der Waals surface area (Å²) in [4.78, 5) is 4.23. The van der Waals surface area contributed by atoms with E-state index in [4.69, 9.17) is 0 Å². The van der Waals surface area contributed by atoms with Gasteiger partial charge in [0.25, 0.3) is 0 Å². The first-order valence-electron chi connectivity index (χ1n) is 6.36. The SMILES string of the molecule is CCNC(Cc1cc(C)nn1CC)c1ncn[nH]1. The number of H-pyrrole nitrogens is 1. The van der Waals surface area contributed by atoms with Gasteiger partial charge in [-0.15, -0.1) is 0 Å². The first-order chi connectivity index (χ1) is 8.74. The maximum Gasteiger partial charge on any atom is 0.141 e. The van der Waals surface area contributed by atoms with Crippen LogP contribution in [0.4, 0.5) is 0 Å². The highest BCUT2D eigenvalue weighted by Crippen LogP contribution is 2.15.